The van der Waals surface area contributed by atoms with Gasteiger partial charge in [-0.1, -0.05) is 12.1 Å². The summed E-state index contributed by atoms with van der Waals surface area (Å²) in [4.78, 5) is 53.4. The lowest BCUT2D eigenvalue weighted by molar-refractivity contribution is -0.380. The molecule has 1 atom stereocenters. The Bertz CT molecular complexity index is 1110. The molecule has 35 heavy (non-hydrogen) atoms. The number of ether oxygens (including phenoxy) is 2. The van der Waals surface area contributed by atoms with Crippen LogP contribution in [0.4, 0.5) is 20.6 Å². The summed E-state index contributed by atoms with van der Waals surface area (Å²) in [5.74, 6) is -4.00. The SMILES string of the molecule is CC(C)(C)OC(=O)N(c1cccc(C(C(=O)O)C(=O)Nc2ncc([N+](=O)[O-])s2)c1)C1CCOCC1. The molecule has 0 spiro atoms. The topological polar surface area (TPSA) is 161 Å². The minimum absolute atomic E-state index is 0.0957. The van der Waals surface area contributed by atoms with Crippen molar-refractivity contribution >= 4 is 45.1 Å². The number of benzene rings is 1. The molecular formula is C22H26N4O8S. The predicted molar refractivity (Wildman–Crippen MR) is 127 cm³/mol. The second kappa shape index (κ2) is 10.8. The summed E-state index contributed by atoms with van der Waals surface area (Å²) in [7, 11) is 0. The van der Waals surface area contributed by atoms with E-state index >= 15 is 0 Å². The minimum atomic E-state index is -1.65. The molecule has 1 saturated heterocycles. The van der Waals surface area contributed by atoms with E-state index in [-0.39, 0.29) is 21.7 Å². The molecule has 3 rings (SSSR count). The Hall–Kier alpha value is -3.58. The normalized spacial score (nSPS) is 15.2. The summed E-state index contributed by atoms with van der Waals surface area (Å²) in [6, 6.07) is 5.88. The molecule has 1 aromatic heterocycles. The second-order valence-electron chi connectivity index (χ2n) is 8.81. The van der Waals surface area contributed by atoms with Crippen LogP contribution in [0.15, 0.2) is 30.5 Å². The Morgan fingerprint density at radius 1 is 1.31 bits per heavy atom. The highest BCUT2D eigenvalue weighted by Gasteiger charge is 2.34. The van der Waals surface area contributed by atoms with Crippen LogP contribution in [0.3, 0.4) is 0 Å². The molecule has 0 radical (unpaired) electrons. The van der Waals surface area contributed by atoms with Crippen molar-refractivity contribution < 1.29 is 33.9 Å². The van der Waals surface area contributed by atoms with Crippen LogP contribution < -0.4 is 10.2 Å². The van der Waals surface area contributed by atoms with Crippen LogP contribution >= 0.6 is 11.3 Å². The van der Waals surface area contributed by atoms with Crippen LogP contribution in [0, 0.1) is 10.1 Å². The largest absolute Gasteiger partial charge is 0.480 e. The van der Waals surface area contributed by atoms with Crippen LogP contribution in [-0.4, -0.2) is 57.8 Å². The van der Waals surface area contributed by atoms with Crippen LogP contribution in [-0.2, 0) is 19.1 Å². The van der Waals surface area contributed by atoms with Crippen molar-refractivity contribution in [2.24, 2.45) is 0 Å². The summed E-state index contributed by atoms with van der Waals surface area (Å²) in [5, 5.41) is 22.6. The number of aromatic nitrogens is 1. The molecule has 0 saturated carbocycles. The van der Waals surface area contributed by atoms with Gasteiger partial charge in [0.25, 0.3) is 0 Å². The van der Waals surface area contributed by atoms with E-state index in [1.807, 2.05) is 0 Å². The number of amides is 2. The highest BCUT2D eigenvalue weighted by atomic mass is 32.1. The number of carbonyl (C=O) groups is 3. The Kier molecular flexibility index (Phi) is 8.02. The monoisotopic (exact) mass is 506 g/mol. The van der Waals surface area contributed by atoms with Gasteiger partial charge in [0.05, 0.1) is 4.92 Å². The van der Waals surface area contributed by atoms with Gasteiger partial charge >= 0.3 is 17.1 Å². The average molecular weight is 507 g/mol. The third-order valence-electron chi connectivity index (χ3n) is 5.04. The first-order chi connectivity index (χ1) is 16.5. The quantitative estimate of drug-likeness (QED) is 0.323. The molecule has 1 aliphatic rings. The van der Waals surface area contributed by atoms with Gasteiger partial charge in [-0.05, 0) is 62.6 Å². The zero-order valence-electron chi connectivity index (χ0n) is 19.4. The first kappa shape index (κ1) is 26.0. The lowest BCUT2D eigenvalue weighted by atomic mass is 9.97. The second-order valence-corrected chi connectivity index (χ2v) is 9.82. The lowest BCUT2D eigenvalue weighted by Gasteiger charge is -2.35. The summed E-state index contributed by atoms with van der Waals surface area (Å²) in [6.45, 7) is 6.17. The van der Waals surface area contributed by atoms with E-state index in [1.54, 1.807) is 32.9 Å². The molecule has 1 aliphatic heterocycles. The van der Waals surface area contributed by atoms with Gasteiger partial charge in [-0.2, -0.15) is 0 Å². The number of rotatable bonds is 7. The van der Waals surface area contributed by atoms with Crippen LogP contribution in [0.2, 0.25) is 0 Å². The standard InChI is InChI=1S/C22H26N4O8S/c1-22(2,3)34-21(30)25(14-7-9-33-10-8-14)15-6-4-5-13(11-15)17(19(28)29)18(27)24-20-23-12-16(35-20)26(31)32/h4-6,11-12,14,17H,7-10H2,1-3H3,(H,28,29)(H,23,24,27). The number of nitrogens with one attached hydrogen (secondary N) is 1. The van der Waals surface area contributed by atoms with E-state index < -0.39 is 34.4 Å². The Morgan fingerprint density at radius 3 is 2.57 bits per heavy atom. The van der Waals surface area contributed by atoms with Crippen molar-refractivity contribution in [3.05, 3.63) is 46.1 Å². The molecule has 0 aliphatic carbocycles. The number of carbonyl (C=O) groups excluding carboxylic acids is 2. The van der Waals surface area contributed by atoms with Crippen molar-refractivity contribution in [1.82, 2.24) is 4.98 Å². The van der Waals surface area contributed by atoms with Crippen molar-refractivity contribution in [3.63, 3.8) is 0 Å². The van der Waals surface area contributed by atoms with Gasteiger partial charge in [-0.25, -0.2) is 9.78 Å². The van der Waals surface area contributed by atoms with Gasteiger partial charge in [0.1, 0.15) is 11.8 Å². The van der Waals surface area contributed by atoms with Crippen molar-refractivity contribution in [1.29, 1.82) is 0 Å². The molecule has 0 bridgehead atoms. The fraction of sp³-hybridized carbons (Fsp3) is 0.455. The number of nitrogens with zero attached hydrogens (tertiary/aromatic N) is 3. The van der Waals surface area contributed by atoms with Crippen LogP contribution in [0.25, 0.3) is 0 Å². The first-order valence-electron chi connectivity index (χ1n) is 10.8. The summed E-state index contributed by atoms with van der Waals surface area (Å²) in [6.07, 6.45) is 1.51. The van der Waals surface area contributed by atoms with Gasteiger partial charge in [-0.3, -0.25) is 24.6 Å². The van der Waals surface area contributed by atoms with Crippen molar-refractivity contribution in [2.75, 3.05) is 23.4 Å². The number of anilines is 2. The fourth-order valence-electron chi connectivity index (χ4n) is 3.57. The fourth-order valence-corrected chi connectivity index (χ4v) is 4.20. The first-order valence-corrected chi connectivity index (χ1v) is 11.6. The van der Waals surface area contributed by atoms with E-state index in [0.29, 0.717) is 43.1 Å². The molecule has 1 unspecified atom stereocenters. The zero-order chi connectivity index (χ0) is 25.8. The van der Waals surface area contributed by atoms with E-state index in [2.05, 4.69) is 10.3 Å². The third-order valence-corrected chi connectivity index (χ3v) is 5.91. The van der Waals surface area contributed by atoms with Crippen LogP contribution in [0.5, 0.6) is 0 Å². The van der Waals surface area contributed by atoms with E-state index in [4.69, 9.17) is 9.47 Å². The third kappa shape index (κ3) is 6.73. The molecule has 12 nitrogen and oxygen atoms in total. The maximum atomic E-state index is 13.1. The molecule has 2 aromatic rings. The number of thiazole rings is 1. The highest BCUT2D eigenvalue weighted by Crippen LogP contribution is 2.30. The zero-order valence-corrected chi connectivity index (χ0v) is 20.2. The van der Waals surface area contributed by atoms with Gasteiger partial charge in [-0.15, -0.1) is 0 Å². The highest BCUT2D eigenvalue weighted by molar-refractivity contribution is 7.18. The summed E-state index contributed by atoms with van der Waals surface area (Å²) in [5.41, 5.74) is -0.246. The molecule has 188 valence electrons. The molecule has 2 heterocycles. The molecular weight excluding hydrogens is 480 g/mol. The smallest absolute Gasteiger partial charge is 0.415 e. The van der Waals surface area contributed by atoms with E-state index in [1.165, 1.54) is 17.0 Å². The number of aliphatic carboxylic acids is 1. The lowest BCUT2D eigenvalue weighted by Crippen LogP contribution is -2.46. The van der Waals surface area contributed by atoms with Crippen molar-refractivity contribution in [3.8, 4) is 0 Å². The van der Waals surface area contributed by atoms with Gasteiger partial charge in [0.2, 0.25) is 5.91 Å². The number of carboxylic acids is 1. The predicted octanol–water partition coefficient (Wildman–Crippen LogP) is 3.78. The maximum Gasteiger partial charge on any atom is 0.415 e. The number of hydrogen-bond acceptors (Lipinski definition) is 9. The Balaban J connectivity index is 1.92. The summed E-state index contributed by atoms with van der Waals surface area (Å²) < 4.78 is 11.0. The van der Waals surface area contributed by atoms with E-state index in [9.17, 15) is 29.6 Å². The van der Waals surface area contributed by atoms with Gasteiger partial charge in [0.15, 0.2) is 11.0 Å². The number of hydrogen-bond donors (Lipinski definition) is 2. The molecule has 2 N–H and O–H groups in total. The molecule has 2 amide bonds. The number of nitro groups is 1. The average Bonchev–Trinajstić information content (AvgIpc) is 3.22. The van der Waals surface area contributed by atoms with Crippen molar-refractivity contribution in [2.45, 2.75) is 51.2 Å². The Morgan fingerprint density at radius 2 is 2.00 bits per heavy atom. The van der Waals surface area contributed by atoms with Gasteiger partial charge < -0.3 is 19.9 Å². The maximum absolute atomic E-state index is 13.1. The summed E-state index contributed by atoms with van der Waals surface area (Å²) >= 11 is 0.613. The minimum Gasteiger partial charge on any atom is -0.480 e. The molecule has 1 fully saturated rings. The Labute approximate surface area is 205 Å². The molecule has 13 heteroatoms. The molecule has 1 aromatic carbocycles. The van der Waals surface area contributed by atoms with Crippen LogP contribution in [0.1, 0.15) is 45.1 Å². The van der Waals surface area contributed by atoms with Gasteiger partial charge in [0, 0.05) is 24.9 Å². The number of carboxylic acid groups (broad SMARTS) is 1. The van der Waals surface area contributed by atoms with E-state index in [0.717, 1.165) is 6.20 Å².